The third kappa shape index (κ3) is 6.81. The van der Waals surface area contributed by atoms with Gasteiger partial charge in [0.05, 0.1) is 24.7 Å². The summed E-state index contributed by atoms with van der Waals surface area (Å²) in [5.74, 6) is 0.705. The number of hydrogen-bond donors (Lipinski definition) is 2. The standard InChI is InChI=1S/C23H37ClN4OS/c1-4-7-10-11-12-13-16-29-21-19(27-25)17-18(24)20-22(21)30-23(26-14-8-5-2)28(20)15-9-6-3/h17,25H,4-16H2,1-3H3/p+1. The number of benzene rings is 1. The minimum atomic E-state index is 0.516. The second-order valence-electron chi connectivity index (χ2n) is 7.81. The van der Waals surface area contributed by atoms with Crippen LogP contribution in [0.3, 0.4) is 0 Å². The molecule has 0 saturated heterocycles. The van der Waals surface area contributed by atoms with Crippen molar-refractivity contribution in [3.05, 3.63) is 11.1 Å². The van der Waals surface area contributed by atoms with E-state index in [2.05, 4.69) is 35.8 Å². The van der Waals surface area contributed by atoms with Crippen LogP contribution in [0.1, 0.15) is 85.0 Å². The van der Waals surface area contributed by atoms with E-state index in [1.807, 2.05) is 0 Å². The predicted molar refractivity (Wildman–Crippen MR) is 129 cm³/mol. The molecule has 0 radical (unpaired) electrons. The fourth-order valence-electron chi connectivity index (χ4n) is 3.50. The van der Waals surface area contributed by atoms with Crippen molar-refractivity contribution in [2.45, 2.75) is 91.5 Å². The highest BCUT2D eigenvalue weighted by Gasteiger charge is 2.25. The number of rotatable bonds is 16. The highest BCUT2D eigenvalue weighted by molar-refractivity contribution is 7.22. The lowest BCUT2D eigenvalue weighted by Crippen LogP contribution is -2.35. The van der Waals surface area contributed by atoms with Gasteiger partial charge in [-0.25, -0.2) is 10.1 Å². The molecule has 0 aliphatic rings. The van der Waals surface area contributed by atoms with Crippen LogP contribution >= 0.6 is 22.9 Å². The molecule has 0 atom stereocenters. The molecule has 2 N–H and O–H groups in total. The summed E-state index contributed by atoms with van der Waals surface area (Å²) in [6, 6.07) is 1.78. The first kappa shape index (κ1) is 24.9. The molecule has 0 unspecified atom stereocenters. The minimum Gasteiger partial charge on any atom is -0.490 e. The van der Waals surface area contributed by atoms with E-state index in [0.717, 1.165) is 60.5 Å². The summed E-state index contributed by atoms with van der Waals surface area (Å²) < 4.78 is 9.48. The third-order valence-electron chi connectivity index (χ3n) is 5.26. The molecule has 5 nitrogen and oxygen atoms in total. The number of thiazole rings is 1. The molecule has 0 bridgehead atoms. The normalized spacial score (nSPS) is 11.2. The molecule has 0 aliphatic heterocycles. The van der Waals surface area contributed by atoms with E-state index in [1.54, 1.807) is 17.4 Å². The Morgan fingerprint density at radius 3 is 2.43 bits per heavy atom. The van der Waals surface area contributed by atoms with Crippen LogP contribution in [0.25, 0.3) is 10.2 Å². The zero-order valence-corrected chi connectivity index (χ0v) is 20.4. The smallest absolute Gasteiger partial charge is 0.335 e. The van der Waals surface area contributed by atoms with Crippen molar-refractivity contribution in [1.29, 1.82) is 5.53 Å². The van der Waals surface area contributed by atoms with Gasteiger partial charge in [0.15, 0.2) is 11.3 Å². The van der Waals surface area contributed by atoms with Gasteiger partial charge in [0.1, 0.15) is 10.4 Å². The van der Waals surface area contributed by atoms with Crippen LogP contribution in [0.15, 0.2) is 11.2 Å². The number of fused-ring (bicyclic) bond motifs is 1. The van der Waals surface area contributed by atoms with Crippen molar-refractivity contribution >= 4 is 44.0 Å². The van der Waals surface area contributed by atoms with Gasteiger partial charge in [-0.3, -0.25) is 5.32 Å². The van der Waals surface area contributed by atoms with Crippen LogP contribution in [0.4, 0.5) is 10.8 Å². The second kappa shape index (κ2) is 13.8. The number of halogens is 1. The minimum absolute atomic E-state index is 0.516. The lowest BCUT2D eigenvalue weighted by Gasteiger charge is -2.10. The number of nitrogens with zero attached hydrogens (tertiary/aromatic N) is 2. The van der Waals surface area contributed by atoms with E-state index < -0.39 is 0 Å². The Balaban J connectivity index is 2.28. The average Bonchev–Trinajstić information content (AvgIpc) is 3.11. The molecule has 0 saturated carbocycles. The van der Waals surface area contributed by atoms with Gasteiger partial charge >= 0.3 is 5.13 Å². The van der Waals surface area contributed by atoms with Crippen LogP contribution in [-0.4, -0.2) is 13.2 Å². The summed E-state index contributed by atoms with van der Waals surface area (Å²) in [7, 11) is 0. The first-order chi connectivity index (χ1) is 14.7. The topological polar surface area (TPSA) is 61.4 Å². The fraction of sp³-hybridized carbons (Fsp3) is 0.696. The molecule has 1 aromatic heterocycles. The number of aromatic nitrogens is 1. The Bertz CT molecular complexity index is 793. The summed E-state index contributed by atoms with van der Waals surface area (Å²) in [5, 5.41) is 9.05. The van der Waals surface area contributed by atoms with E-state index in [-0.39, 0.29) is 0 Å². The number of unbranched alkanes of at least 4 members (excludes halogenated alkanes) is 7. The SMILES string of the molecule is CCCCCCCCOc1c(N=N)cc(Cl)c2c1sc(NCCCC)[n+]2CCCC. The highest BCUT2D eigenvalue weighted by atomic mass is 35.5. The van der Waals surface area contributed by atoms with Crippen molar-refractivity contribution < 1.29 is 9.30 Å². The molecule has 2 aromatic rings. The Morgan fingerprint density at radius 1 is 1.03 bits per heavy atom. The summed E-state index contributed by atoms with van der Waals surface area (Å²) in [6.07, 6.45) is 11.8. The van der Waals surface area contributed by atoms with Crippen molar-refractivity contribution in [2.24, 2.45) is 5.11 Å². The van der Waals surface area contributed by atoms with Crippen molar-refractivity contribution in [2.75, 3.05) is 18.5 Å². The Kier molecular flexibility index (Phi) is 11.4. The first-order valence-electron chi connectivity index (χ1n) is 11.6. The summed E-state index contributed by atoms with van der Waals surface area (Å²) in [5.41, 5.74) is 9.14. The molecule has 2 rings (SSSR count). The lowest BCUT2D eigenvalue weighted by molar-refractivity contribution is -0.654. The molecule has 30 heavy (non-hydrogen) atoms. The zero-order chi connectivity index (χ0) is 21.8. The van der Waals surface area contributed by atoms with Crippen molar-refractivity contribution in [3.8, 4) is 5.75 Å². The van der Waals surface area contributed by atoms with Crippen molar-refractivity contribution in [3.63, 3.8) is 0 Å². The molecular weight excluding hydrogens is 416 g/mol. The number of hydrogen-bond acceptors (Lipinski definition) is 5. The van der Waals surface area contributed by atoms with Gasteiger partial charge in [-0.05, 0) is 36.7 Å². The molecule has 1 aromatic carbocycles. The van der Waals surface area contributed by atoms with E-state index in [1.165, 1.54) is 32.1 Å². The van der Waals surface area contributed by atoms with E-state index in [4.69, 9.17) is 21.9 Å². The average molecular weight is 454 g/mol. The van der Waals surface area contributed by atoms with Gasteiger partial charge in [0, 0.05) is 0 Å². The molecule has 0 fully saturated rings. The van der Waals surface area contributed by atoms with Gasteiger partial charge in [-0.2, -0.15) is 5.11 Å². The summed E-state index contributed by atoms with van der Waals surface area (Å²) in [4.78, 5) is 0. The van der Waals surface area contributed by atoms with Gasteiger partial charge in [-0.15, -0.1) is 0 Å². The molecule has 168 valence electrons. The van der Waals surface area contributed by atoms with Crippen molar-refractivity contribution in [1.82, 2.24) is 0 Å². The molecular formula is C23H38ClN4OS+. The monoisotopic (exact) mass is 453 g/mol. The second-order valence-corrected chi connectivity index (χ2v) is 9.21. The highest BCUT2D eigenvalue weighted by Crippen LogP contribution is 2.43. The Labute approximate surface area is 190 Å². The number of nitrogens with one attached hydrogen (secondary N) is 2. The quantitative estimate of drug-likeness (QED) is 0.152. The first-order valence-corrected chi connectivity index (χ1v) is 12.8. The number of anilines is 1. The van der Waals surface area contributed by atoms with Gasteiger partial charge in [0.25, 0.3) is 0 Å². The van der Waals surface area contributed by atoms with Crippen LogP contribution in [0, 0.1) is 5.53 Å². The van der Waals surface area contributed by atoms with Crippen LogP contribution < -0.4 is 14.6 Å². The zero-order valence-electron chi connectivity index (χ0n) is 18.9. The van der Waals surface area contributed by atoms with Crippen LogP contribution in [-0.2, 0) is 6.54 Å². The largest absolute Gasteiger partial charge is 0.490 e. The predicted octanol–water partition coefficient (Wildman–Crippen LogP) is 8.26. The maximum Gasteiger partial charge on any atom is 0.335 e. The maximum atomic E-state index is 7.62. The lowest BCUT2D eigenvalue weighted by atomic mass is 10.1. The Morgan fingerprint density at radius 2 is 1.73 bits per heavy atom. The maximum absolute atomic E-state index is 7.62. The van der Waals surface area contributed by atoms with Gasteiger partial charge in [-0.1, -0.05) is 77.3 Å². The molecule has 7 heteroatoms. The van der Waals surface area contributed by atoms with Gasteiger partial charge < -0.3 is 4.74 Å². The number of ether oxygens (including phenoxy) is 1. The van der Waals surface area contributed by atoms with E-state index in [0.29, 0.717) is 23.1 Å². The molecule has 0 amide bonds. The third-order valence-corrected chi connectivity index (χ3v) is 6.69. The van der Waals surface area contributed by atoms with E-state index in [9.17, 15) is 0 Å². The molecule has 0 spiro atoms. The summed E-state index contributed by atoms with van der Waals surface area (Å²) in [6.45, 7) is 9.14. The fourth-order valence-corrected chi connectivity index (χ4v) is 5.09. The number of aryl methyl sites for hydroxylation is 1. The van der Waals surface area contributed by atoms with Crippen LogP contribution in [0.2, 0.25) is 5.02 Å². The van der Waals surface area contributed by atoms with E-state index >= 15 is 0 Å². The molecule has 1 heterocycles. The summed E-state index contributed by atoms with van der Waals surface area (Å²) >= 11 is 8.33. The Hall–Kier alpha value is -1.40. The van der Waals surface area contributed by atoms with Crippen LogP contribution in [0.5, 0.6) is 5.75 Å². The van der Waals surface area contributed by atoms with Gasteiger partial charge in [0.2, 0.25) is 0 Å². The molecule has 0 aliphatic carbocycles.